The van der Waals surface area contributed by atoms with Gasteiger partial charge in [-0.2, -0.15) is 0 Å². The van der Waals surface area contributed by atoms with E-state index in [0.29, 0.717) is 10.9 Å². The van der Waals surface area contributed by atoms with E-state index in [2.05, 4.69) is 15.6 Å². The van der Waals surface area contributed by atoms with Crippen molar-refractivity contribution in [3.8, 4) is 0 Å². The van der Waals surface area contributed by atoms with Gasteiger partial charge in [-0.1, -0.05) is 0 Å². The first-order valence-electron chi connectivity index (χ1n) is 6.97. The minimum Gasteiger partial charge on any atom is -0.348 e. The van der Waals surface area contributed by atoms with Gasteiger partial charge in [0.05, 0.1) is 11.1 Å². The van der Waals surface area contributed by atoms with Crippen molar-refractivity contribution in [2.75, 3.05) is 13.1 Å². The Kier molecular flexibility index (Phi) is 5.15. The van der Waals surface area contributed by atoms with Crippen LogP contribution in [0.25, 0.3) is 10.9 Å². The summed E-state index contributed by atoms with van der Waals surface area (Å²) in [6, 6.07) is 5.32. The maximum absolute atomic E-state index is 13.2. The first-order chi connectivity index (χ1) is 10.1. The highest BCUT2D eigenvalue weighted by Crippen LogP contribution is 2.16. The van der Waals surface area contributed by atoms with E-state index in [1.54, 1.807) is 0 Å². The highest BCUT2D eigenvalue weighted by Gasteiger charge is 2.18. The Morgan fingerprint density at radius 1 is 1.32 bits per heavy atom. The summed E-state index contributed by atoms with van der Waals surface area (Å²) in [5.41, 5.74) is 0.189. The number of benzene rings is 1. The zero-order valence-corrected chi connectivity index (χ0v) is 12.6. The molecule has 1 atom stereocenters. The molecule has 2 aromatic rings. The van der Waals surface area contributed by atoms with Crippen LogP contribution in [-0.4, -0.2) is 30.0 Å². The van der Waals surface area contributed by atoms with E-state index in [9.17, 15) is 14.0 Å². The Hall–Kier alpha value is -1.92. The summed E-state index contributed by atoms with van der Waals surface area (Å²) in [6.45, 7) is 1.68. The topological polar surface area (TPSA) is 74.0 Å². The number of pyridine rings is 1. The average Bonchev–Trinajstić information content (AvgIpc) is 2.47. The van der Waals surface area contributed by atoms with Gasteiger partial charge in [-0.05, 0) is 37.6 Å². The monoisotopic (exact) mass is 325 g/mol. The summed E-state index contributed by atoms with van der Waals surface area (Å²) in [4.78, 5) is 26.6. The number of H-pyrrole nitrogens is 1. The van der Waals surface area contributed by atoms with Gasteiger partial charge < -0.3 is 15.6 Å². The van der Waals surface area contributed by atoms with Gasteiger partial charge in [0.25, 0.3) is 5.91 Å². The Labute approximate surface area is 132 Å². The van der Waals surface area contributed by atoms with Crippen molar-refractivity contribution >= 4 is 29.2 Å². The van der Waals surface area contributed by atoms with Crippen LogP contribution < -0.4 is 16.2 Å². The fourth-order valence-electron chi connectivity index (χ4n) is 2.66. The first kappa shape index (κ1) is 16.5. The van der Waals surface area contributed by atoms with Crippen LogP contribution in [0.2, 0.25) is 0 Å². The van der Waals surface area contributed by atoms with Crippen LogP contribution in [0.3, 0.4) is 0 Å². The molecule has 1 aliphatic rings. The molecule has 1 saturated heterocycles. The molecule has 1 aromatic carbocycles. The van der Waals surface area contributed by atoms with E-state index in [1.165, 1.54) is 24.3 Å². The third kappa shape index (κ3) is 3.45. The van der Waals surface area contributed by atoms with Crippen LogP contribution >= 0.6 is 12.4 Å². The number of carbonyl (C=O) groups is 1. The molecule has 0 radical (unpaired) electrons. The minimum atomic E-state index is -0.452. The zero-order chi connectivity index (χ0) is 14.8. The number of aromatic amines is 1. The summed E-state index contributed by atoms with van der Waals surface area (Å²) in [7, 11) is 0. The summed E-state index contributed by atoms with van der Waals surface area (Å²) in [5, 5.41) is 6.68. The van der Waals surface area contributed by atoms with Gasteiger partial charge >= 0.3 is 0 Å². The number of piperidine rings is 1. The zero-order valence-electron chi connectivity index (χ0n) is 11.8. The normalized spacial score (nSPS) is 17.8. The van der Waals surface area contributed by atoms with Crippen LogP contribution in [-0.2, 0) is 0 Å². The molecule has 0 bridgehead atoms. The first-order valence-corrected chi connectivity index (χ1v) is 6.97. The number of carbonyl (C=O) groups excluding carboxylic acids is 1. The van der Waals surface area contributed by atoms with Gasteiger partial charge in [-0.25, -0.2) is 4.39 Å². The molecule has 2 heterocycles. The van der Waals surface area contributed by atoms with Crippen LogP contribution in [0, 0.1) is 5.82 Å². The third-order valence-corrected chi connectivity index (χ3v) is 3.68. The highest BCUT2D eigenvalue weighted by molar-refractivity contribution is 6.06. The molecule has 3 rings (SSSR count). The van der Waals surface area contributed by atoms with Gasteiger partial charge in [0.1, 0.15) is 5.82 Å². The van der Waals surface area contributed by atoms with Crippen LogP contribution in [0.4, 0.5) is 4.39 Å². The number of hydrogen-bond acceptors (Lipinski definition) is 3. The Bertz CT molecular complexity index is 741. The van der Waals surface area contributed by atoms with Gasteiger partial charge in [-0.3, -0.25) is 9.59 Å². The van der Waals surface area contributed by atoms with Gasteiger partial charge in [0, 0.05) is 24.0 Å². The molecule has 1 aromatic heterocycles. The predicted octanol–water partition coefficient (Wildman–Crippen LogP) is 1.57. The molecule has 1 amide bonds. The molecule has 22 heavy (non-hydrogen) atoms. The quantitative estimate of drug-likeness (QED) is 0.784. The lowest BCUT2D eigenvalue weighted by Crippen LogP contribution is -2.45. The van der Waals surface area contributed by atoms with Crippen molar-refractivity contribution in [1.82, 2.24) is 15.6 Å². The molecule has 5 nitrogen and oxygen atoms in total. The third-order valence-electron chi connectivity index (χ3n) is 3.68. The minimum absolute atomic E-state index is 0. The number of fused-ring (bicyclic) bond motifs is 1. The number of aromatic nitrogens is 1. The molecule has 0 aliphatic carbocycles. The van der Waals surface area contributed by atoms with Crippen molar-refractivity contribution in [1.29, 1.82) is 0 Å². The number of nitrogens with one attached hydrogen (secondary N) is 3. The molecule has 1 fully saturated rings. The molecule has 118 valence electrons. The second-order valence-corrected chi connectivity index (χ2v) is 5.25. The van der Waals surface area contributed by atoms with Crippen LogP contribution in [0.5, 0.6) is 0 Å². The molecule has 7 heteroatoms. The number of rotatable bonds is 2. The van der Waals surface area contributed by atoms with Crippen LogP contribution in [0.15, 0.2) is 29.1 Å². The molecule has 3 N–H and O–H groups in total. The van der Waals surface area contributed by atoms with E-state index in [4.69, 9.17) is 0 Å². The fraction of sp³-hybridized carbons (Fsp3) is 0.333. The number of halogens is 2. The Balaban J connectivity index is 0.00000176. The maximum Gasteiger partial charge on any atom is 0.252 e. The summed E-state index contributed by atoms with van der Waals surface area (Å²) in [5.74, 6) is -0.751. The van der Waals surface area contributed by atoms with Crippen LogP contribution in [0.1, 0.15) is 23.2 Å². The number of hydrogen-bond donors (Lipinski definition) is 3. The van der Waals surface area contributed by atoms with E-state index in [-0.39, 0.29) is 29.9 Å². The van der Waals surface area contributed by atoms with Crippen molar-refractivity contribution < 1.29 is 9.18 Å². The highest BCUT2D eigenvalue weighted by atomic mass is 35.5. The van der Waals surface area contributed by atoms with Gasteiger partial charge in [-0.15, -0.1) is 12.4 Å². The molecular weight excluding hydrogens is 309 g/mol. The van der Waals surface area contributed by atoms with E-state index in [1.807, 2.05) is 0 Å². The van der Waals surface area contributed by atoms with E-state index in [0.717, 1.165) is 25.9 Å². The van der Waals surface area contributed by atoms with Crippen molar-refractivity contribution in [3.63, 3.8) is 0 Å². The Morgan fingerprint density at radius 2 is 2.14 bits per heavy atom. The van der Waals surface area contributed by atoms with Crippen molar-refractivity contribution in [2.45, 2.75) is 18.9 Å². The van der Waals surface area contributed by atoms with E-state index < -0.39 is 11.4 Å². The second kappa shape index (κ2) is 6.89. The molecule has 0 unspecified atom stereocenters. The summed E-state index contributed by atoms with van der Waals surface area (Å²) >= 11 is 0. The molecule has 0 spiro atoms. The lowest BCUT2D eigenvalue weighted by atomic mass is 10.1. The summed E-state index contributed by atoms with van der Waals surface area (Å²) < 4.78 is 13.2. The SMILES string of the molecule is Cl.O=C(N[C@H]1CCCNC1)c1cc(=O)[nH]c2cc(F)ccc12. The standard InChI is InChI=1S/C15H16FN3O2.ClH/c16-9-3-4-11-12(7-14(20)19-13(11)6-9)15(21)18-10-2-1-5-17-8-10;/h3-4,6-7,10,17H,1-2,5,8H2,(H,18,21)(H,19,20);1H/t10-;/m0./s1. The molecular formula is C15H17ClFN3O2. The second-order valence-electron chi connectivity index (χ2n) is 5.25. The Morgan fingerprint density at radius 3 is 2.86 bits per heavy atom. The average molecular weight is 326 g/mol. The largest absolute Gasteiger partial charge is 0.348 e. The molecule has 1 aliphatic heterocycles. The molecule has 0 saturated carbocycles. The van der Waals surface area contributed by atoms with Gasteiger partial charge in [0.15, 0.2) is 0 Å². The maximum atomic E-state index is 13.2. The van der Waals surface area contributed by atoms with Crippen molar-refractivity contribution in [2.24, 2.45) is 0 Å². The lowest BCUT2D eigenvalue weighted by molar-refractivity contribution is 0.0932. The fourth-order valence-corrected chi connectivity index (χ4v) is 2.66. The lowest BCUT2D eigenvalue weighted by Gasteiger charge is -2.24. The smallest absolute Gasteiger partial charge is 0.252 e. The van der Waals surface area contributed by atoms with Gasteiger partial charge in [0.2, 0.25) is 5.56 Å². The van der Waals surface area contributed by atoms with E-state index >= 15 is 0 Å². The summed E-state index contributed by atoms with van der Waals surface area (Å²) in [6.07, 6.45) is 1.92. The number of amides is 1. The predicted molar refractivity (Wildman–Crippen MR) is 85.1 cm³/mol. The van der Waals surface area contributed by atoms with Crippen molar-refractivity contribution in [3.05, 3.63) is 46.0 Å².